The summed E-state index contributed by atoms with van der Waals surface area (Å²) in [6.45, 7) is 0. The first-order valence-corrected chi connectivity index (χ1v) is 3.44. The van der Waals surface area contributed by atoms with Gasteiger partial charge in [-0.05, 0) is 0 Å². The normalized spacial score (nSPS) is 10.5. The number of carboxylic acids is 1. The van der Waals surface area contributed by atoms with Gasteiger partial charge in [-0.15, -0.1) is 0 Å². The molecule has 0 bridgehead atoms. The van der Waals surface area contributed by atoms with Gasteiger partial charge in [-0.3, -0.25) is 0 Å². The van der Waals surface area contributed by atoms with Crippen LogP contribution in [0.15, 0.2) is 12.5 Å². The van der Waals surface area contributed by atoms with E-state index < -0.39 is 5.97 Å². The monoisotopic (exact) mass is 179 g/mol. The molecular weight excluding hydrogens is 174 g/mol. The number of nitrogens with one attached hydrogen (secondary N) is 1. The molecule has 0 unspecified atom stereocenters. The van der Waals surface area contributed by atoms with Crippen molar-refractivity contribution in [1.29, 1.82) is 0 Å². The van der Waals surface area contributed by atoms with E-state index >= 15 is 0 Å². The van der Waals surface area contributed by atoms with Gasteiger partial charge in [0.2, 0.25) is 0 Å². The third-order valence-electron chi connectivity index (χ3n) is 1.65. The molecule has 6 nitrogen and oxygen atoms in total. The molecule has 0 aliphatic rings. The summed E-state index contributed by atoms with van der Waals surface area (Å²) < 4.78 is 0. The summed E-state index contributed by atoms with van der Waals surface area (Å²) in [4.78, 5) is 20.8. The molecule has 3 N–H and O–H groups in total. The van der Waals surface area contributed by atoms with Crippen LogP contribution >= 0.6 is 0 Å². The Kier molecular flexibility index (Phi) is 1.42. The lowest BCUT2D eigenvalue weighted by atomic mass is 10.2. The van der Waals surface area contributed by atoms with Crippen LogP contribution in [0.4, 0.5) is 0 Å². The fraction of sp³-hybridized carbons (Fsp3) is 0. The van der Waals surface area contributed by atoms with E-state index in [1.54, 1.807) is 0 Å². The van der Waals surface area contributed by atoms with Crippen molar-refractivity contribution in [1.82, 2.24) is 15.0 Å². The number of aromatic amines is 1. The van der Waals surface area contributed by atoms with Gasteiger partial charge in [-0.1, -0.05) is 0 Å². The smallest absolute Gasteiger partial charge is 0.341 e. The zero-order chi connectivity index (χ0) is 9.42. The molecule has 13 heavy (non-hydrogen) atoms. The van der Waals surface area contributed by atoms with Crippen LogP contribution in [0.2, 0.25) is 0 Å². The molecule has 2 aromatic heterocycles. The first-order valence-electron chi connectivity index (χ1n) is 3.44. The first-order chi connectivity index (χ1) is 6.20. The van der Waals surface area contributed by atoms with Crippen molar-refractivity contribution in [3.05, 3.63) is 18.1 Å². The van der Waals surface area contributed by atoms with Gasteiger partial charge in [-0.2, -0.15) is 0 Å². The zero-order valence-corrected chi connectivity index (χ0v) is 6.35. The standard InChI is InChI=1S/C7H5N3O3/c11-3-1-8-6-5(9-2-10-6)4(3)7(12)13/h1-2,11H,(H,12,13)(H,8,9,10). The van der Waals surface area contributed by atoms with Crippen molar-refractivity contribution >= 4 is 17.1 Å². The van der Waals surface area contributed by atoms with Gasteiger partial charge in [0, 0.05) is 0 Å². The van der Waals surface area contributed by atoms with E-state index in [-0.39, 0.29) is 22.5 Å². The molecule has 2 rings (SSSR count). The van der Waals surface area contributed by atoms with E-state index in [0.717, 1.165) is 6.20 Å². The Morgan fingerprint density at radius 3 is 2.92 bits per heavy atom. The number of aromatic carboxylic acids is 1. The van der Waals surface area contributed by atoms with Crippen LogP contribution in [0, 0.1) is 0 Å². The third kappa shape index (κ3) is 0.994. The van der Waals surface area contributed by atoms with Crippen molar-refractivity contribution < 1.29 is 15.0 Å². The third-order valence-corrected chi connectivity index (χ3v) is 1.65. The fourth-order valence-corrected chi connectivity index (χ4v) is 1.10. The molecule has 0 aromatic carbocycles. The maximum atomic E-state index is 10.7. The van der Waals surface area contributed by atoms with Crippen LogP contribution < -0.4 is 0 Å². The second kappa shape index (κ2) is 2.44. The summed E-state index contributed by atoms with van der Waals surface area (Å²) >= 11 is 0. The highest BCUT2D eigenvalue weighted by Gasteiger charge is 2.16. The molecule has 0 aliphatic heterocycles. The molecule has 0 radical (unpaired) electrons. The Morgan fingerprint density at radius 1 is 1.46 bits per heavy atom. The maximum Gasteiger partial charge on any atom is 0.341 e. The quantitative estimate of drug-likeness (QED) is 0.587. The maximum absolute atomic E-state index is 10.7. The van der Waals surface area contributed by atoms with Crippen molar-refractivity contribution in [3.63, 3.8) is 0 Å². The molecule has 0 saturated heterocycles. The highest BCUT2D eigenvalue weighted by atomic mass is 16.4. The van der Waals surface area contributed by atoms with Gasteiger partial charge < -0.3 is 15.2 Å². The number of rotatable bonds is 1. The number of H-pyrrole nitrogens is 1. The minimum Gasteiger partial charge on any atom is -0.505 e. The molecule has 0 saturated carbocycles. The molecule has 0 amide bonds. The molecule has 66 valence electrons. The lowest BCUT2D eigenvalue weighted by molar-refractivity contribution is 0.0695. The van der Waals surface area contributed by atoms with Gasteiger partial charge in [0.05, 0.1) is 12.5 Å². The van der Waals surface area contributed by atoms with Gasteiger partial charge in [0.25, 0.3) is 0 Å². The van der Waals surface area contributed by atoms with Gasteiger partial charge in [0.15, 0.2) is 11.4 Å². The SMILES string of the molecule is O=C(O)c1c(O)cnc2nc[nH]c12. The molecule has 0 spiro atoms. The average molecular weight is 179 g/mol. The van der Waals surface area contributed by atoms with E-state index in [9.17, 15) is 9.90 Å². The van der Waals surface area contributed by atoms with Gasteiger partial charge in [-0.25, -0.2) is 14.8 Å². The van der Waals surface area contributed by atoms with Crippen LogP contribution in [0.25, 0.3) is 11.2 Å². The number of aromatic nitrogens is 3. The number of aromatic hydroxyl groups is 1. The summed E-state index contributed by atoms with van der Waals surface area (Å²) in [5, 5.41) is 18.0. The van der Waals surface area contributed by atoms with E-state index in [1.807, 2.05) is 0 Å². The van der Waals surface area contributed by atoms with E-state index in [1.165, 1.54) is 6.33 Å². The largest absolute Gasteiger partial charge is 0.505 e. The number of pyridine rings is 1. The Labute approximate surface area is 71.9 Å². The molecule has 0 aliphatic carbocycles. The van der Waals surface area contributed by atoms with Crippen LogP contribution in [0.5, 0.6) is 5.75 Å². The minimum absolute atomic E-state index is 0.206. The lowest BCUT2D eigenvalue weighted by Crippen LogP contribution is -1.99. The number of nitrogens with zero attached hydrogens (tertiary/aromatic N) is 2. The molecule has 2 heterocycles. The second-order valence-corrected chi connectivity index (χ2v) is 2.42. The number of fused-ring (bicyclic) bond motifs is 1. The molecule has 0 fully saturated rings. The molecular formula is C7H5N3O3. The zero-order valence-electron chi connectivity index (χ0n) is 6.35. The van der Waals surface area contributed by atoms with Crippen LogP contribution in [-0.2, 0) is 0 Å². The van der Waals surface area contributed by atoms with Crippen molar-refractivity contribution in [2.75, 3.05) is 0 Å². The van der Waals surface area contributed by atoms with Crippen molar-refractivity contribution in [2.24, 2.45) is 0 Å². The summed E-state index contributed by atoms with van der Waals surface area (Å²) in [5.41, 5.74) is 0.296. The van der Waals surface area contributed by atoms with Crippen LogP contribution in [0.1, 0.15) is 10.4 Å². The average Bonchev–Trinajstić information content (AvgIpc) is 2.50. The Morgan fingerprint density at radius 2 is 2.23 bits per heavy atom. The van der Waals surface area contributed by atoms with Crippen molar-refractivity contribution in [3.8, 4) is 5.75 Å². The molecule has 0 atom stereocenters. The van der Waals surface area contributed by atoms with E-state index in [0.29, 0.717) is 0 Å². The highest BCUT2D eigenvalue weighted by molar-refractivity contribution is 6.02. The van der Waals surface area contributed by atoms with Crippen LogP contribution in [0.3, 0.4) is 0 Å². The highest BCUT2D eigenvalue weighted by Crippen LogP contribution is 2.21. The number of imidazole rings is 1. The topological polar surface area (TPSA) is 99.1 Å². The number of carboxylic acid groups (broad SMARTS) is 1. The van der Waals surface area contributed by atoms with E-state index in [2.05, 4.69) is 15.0 Å². The minimum atomic E-state index is -1.21. The van der Waals surface area contributed by atoms with Crippen molar-refractivity contribution in [2.45, 2.75) is 0 Å². The predicted molar refractivity (Wildman–Crippen MR) is 42.5 cm³/mol. The summed E-state index contributed by atoms with van der Waals surface area (Å²) in [7, 11) is 0. The summed E-state index contributed by atoms with van der Waals surface area (Å²) in [5.74, 6) is -1.58. The Balaban J connectivity index is 2.88. The first kappa shape index (κ1) is 7.53. The number of hydrogen-bond acceptors (Lipinski definition) is 4. The van der Waals surface area contributed by atoms with Gasteiger partial charge >= 0.3 is 5.97 Å². The number of hydrogen-bond donors (Lipinski definition) is 3. The second-order valence-electron chi connectivity index (χ2n) is 2.42. The Hall–Kier alpha value is -2.11. The van der Waals surface area contributed by atoms with Gasteiger partial charge in [0.1, 0.15) is 11.1 Å². The predicted octanol–water partition coefficient (Wildman–Crippen LogP) is 0.362. The lowest BCUT2D eigenvalue weighted by Gasteiger charge is -1.98. The molecule has 6 heteroatoms. The number of carbonyl (C=O) groups is 1. The summed E-state index contributed by atoms with van der Waals surface area (Å²) in [6.07, 6.45) is 2.39. The van der Waals surface area contributed by atoms with Crippen LogP contribution in [-0.4, -0.2) is 31.1 Å². The molecule has 2 aromatic rings. The van der Waals surface area contributed by atoms with E-state index in [4.69, 9.17) is 5.11 Å². The fourth-order valence-electron chi connectivity index (χ4n) is 1.10. The summed E-state index contributed by atoms with van der Waals surface area (Å²) in [6, 6.07) is 0. The Bertz CT molecular complexity index is 477.